The molecule has 0 aromatic carbocycles. The van der Waals surface area contributed by atoms with Crippen molar-refractivity contribution in [1.29, 1.82) is 0 Å². The van der Waals surface area contributed by atoms with E-state index in [0.717, 1.165) is 30.1 Å². The maximum absolute atomic E-state index is 12.2. The third-order valence-electron chi connectivity index (χ3n) is 9.23. The largest absolute Gasteiger partial charge is 0.312 e. The van der Waals surface area contributed by atoms with E-state index in [-0.39, 0.29) is 0 Å². The second kappa shape index (κ2) is 6.21. The summed E-state index contributed by atoms with van der Waals surface area (Å²) >= 11 is 2.11. The molecule has 24 heavy (non-hydrogen) atoms. The lowest BCUT2D eigenvalue weighted by atomic mass is 9.44. The Bertz CT molecular complexity index is 520. The molecule has 0 aromatic heterocycles. The Kier molecular flexibility index (Phi) is 4.60. The summed E-state index contributed by atoms with van der Waals surface area (Å²) in [6, 6.07) is 0. The van der Waals surface area contributed by atoms with Gasteiger partial charge in [-0.15, -0.1) is 0 Å². The van der Waals surface area contributed by atoms with Crippen LogP contribution in [0.4, 0.5) is 0 Å². The summed E-state index contributed by atoms with van der Waals surface area (Å²) in [6.07, 6.45) is 12.3. The number of halogens is 1. The number of ketones is 1. The Morgan fingerprint density at radius 1 is 0.958 bits per heavy atom. The quantitative estimate of drug-likeness (QED) is 0.491. The molecule has 4 saturated carbocycles. The minimum atomic E-state index is 0.304. The number of carbonyl (C=O) groups is 1. The molecule has 4 aliphatic carbocycles. The van der Waals surface area contributed by atoms with Crippen LogP contribution in [0.3, 0.4) is 0 Å². The van der Waals surface area contributed by atoms with Crippen LogP contribution in [-0.2, 0) is 7.86 Å². The molecule has 0 radical (unpaired) electrons. The molecule has 0 saturated heterocycles. The zero-order valence-electron chi connectivity index (χ0n) is 15.5. The minimum absolute atomic E-state index is 0.304. The molecule has 8 atom stereocenters. The van der Waals surface area contributed by atoms with Crippen molar-refractivity contribution in [2.45, 2.75) is 84.7 Å². The van der Waals surface area contributed by atoms with Gasteiger partial charge in [-0.05, 0) is 99.2 Å². The van der Waals surface area contributed by atoms with Crippen molar-refractivity contribution in [3.8, 4) is 0 Å². The van der Waals surface area contributed by atoms with E-state index in [1.54, 1.807) is 0 Å². The summed E-state index contributed by atoms with van der Waals surface area (Å²) in [5.41, 5.74) is 0.836. The first-order chi connectivity index (χ1) is 11.4. The van der Waals surface area contributed by atoms with Gasteiger partial charge >= 0.3 is 0 Å². The minimum Gasteiger partial charge on any atom is -0.312 e. The van der Waals surface area contributed by atoms with Gasteiger partial charge in [0.1, 0.15) is 28.8 Å². The van der Waals surface area contributed by atoms with Crippen LogP contribution in [-0.4, -0.2) is 11.9 Å². The SMILES string of the molecule is CC(=O)[C@H]1CC[C@H]2[C@@H]3CC[C@H]4C[C@@H](OI)CC[C@]4(C)[C@H]3CC[C@]12C. The summed E-state index contributed by atoms with van der Waals surface area (Å²) in [4.78, 5) is 12.2. The van der Waals surface area contributed by atoms with Crippen LogP contribution < -0.4 is 0 Å². The standard InChI is InChI=1S/C21H33IO2/c1-13(23)17-6-7-18-16-5-4-14-12-15(24-22)8-10-20(14,2)19(16)9-11-21(17,18)3/h14-19H,4-12H2,1-3H3/t14-,15-,16-,17+,18-,19-,20-,21+/m0/s1. The fraction of sp³-hybridized carbons (Fsp3) is 0.952. The molecule has 0 amide bonds. The highest BCUT2D eigenvalue weighted by atomic mass is 127. The highest BCUT2D eigenvalue weighted by molar-refractivity contribution is 14.1. The van der Waals surface area contributed by atoms with Crippen LogP contribution in [0.2, 0.25) is 0 Å². The average molecular weight is 444 g/mol. The molecule has 4 fully saturated rings. The number of Topliss-reactive ketones (excluding diaryl/α,β-unsaturated/α-hetero) is 1. The van der Waals surface area contributed by atoms with Gasteiger partial charge in [0.2, 0.25) is 0 Å². The summed E-state index contributed by atoms with van der Waals surface area (Å²) < 4.78 is 5.68. The first-order valence-corrected chi connectivity index (χ1v) is 11.1. The molecular weight excluding hydrogens is 411 g/mol. The smallest absolute Gasteiger partial charge is 0.133 e. The van der Waals surface area contributed by atoms with Crippen LogP contribution in [0.15, 0.2) is 0 Å². The molecule has 0 unspecified atom stereocenters. The molecule has 0 heterocycles. The van der Waals surface area contributed by atoms with Crippen LogP contribution in [0.5, 0.6) is 0 Å². The van der Waals surface area contributed by atoms with E-state index >= 15 is 0 Å². The molecule has 2 nitrogen and oxygen atoms in total. The first-order valence-electron chi connectivity index (χ1n) is 10.2. The van der Waals surface area contributed by atoms with Crippen molar-refractivity contribution >= 4 is 28.8 Å². The third-order valence-corrected chi connectivity index (χ3v) is 9.95. The number of fused-ring (bicyclic) bond motifs is 5. The lowest BCUT2D eigenvalue weighted by Crippen LogP contribution is -2.54. The fourth-order valence-electron chi connectivity index (χ4n) is 7.97. The van der Waals surface area contributed by atoms with E-state index in [4.69, 9.17) is 3.07 Å². The Labute approximate surface area is 161 Å². The lowest BCUT2D eigenvalue weighted by Gasteiger charge is -2.61. The van der Waals surface area contributed by atoms with E-state index in [1.165, 1.54) is 51.4 Å². The van der Waals surface area contributed by atoms with Crippen molar-refractivity contribution in [2.75, 3.05) is 0 Å². The average Bonchev–Trinajstić information content (AvgIpc) is 2.91. The van der Waals surface area contributed by atoms with Crippen LogP contribution in [0.1, 0.15) is 78.6 Å². The zero-order chi connectivity index (χ0) is 17.1. The number of hydrogen-bond acceptors (Lipinski definition) is 2. The molecule has 0 aliphatic heterocycles. The number of carbonyl (C=O) groups excluding carboxylic acids is 1. The summed E-state index contributed by atoms with van der Waals surface area (Å²) in [6.45, 7) is 6.91. The Morgan fingerprint density at radius 3 is 2.38 bits per heavy atom. The second-order valence-electron chi connectivity index (χ2n) is 9.93. The molecule has 3 heteroatoms. The first kappa shape index (κ1) is 17.8. The summed E-state index contributed by atoms with van der Waals surface area (Å²) in [5, 5.41) is 0. The van der Waals surface area contributed by atoms with Crippen molar-refractivity contribution in [3.05, 3.63) is 0 Å². The van der Waals surface area contributed by atoms with Gasteiger partial charge in [-0.25, -0.2) is 0 Å². The molecule has 0 bridgehead atoms. The Morgan fingerprint density at radius 2 is 1.67 bits per heavy atom. The Hall–Kier alpha value is 0.360. The number of rotatable bonds is 2. The predicted octanol–water partition coefficient (Wildman–Crippen LogP) is 5.97. The van der Waals surface area contributed by atoms with Gasteiger partial charge in [0.15, 0.2) is 0 Å². The second-order valence-corrected chi connectivity index (χ2v) is 10.4. The van der Waals surface area contributed by atoms with E-state index < -0.39 is 0 Å². The highest BCUT2D eigenvalue weighted by Gasteiger charge is 2.60. The predicted molar refractivity (Wildman–Crippen MR) is 105 cm³/mol. The van der Waals surface area contributed by atoms with Crippen LogP contribution in [0, 0.1) is 40.4 Å². The molecule has 0 aromatic rings. The topological polar surface area (TPSA) is 26.3 Å². The van der Waals surface area contributed by atoms with E-state index in [0.29, 0.717) is 28.6 Å². The van der Waals surface area contributed by atoms with Gasteiger partial charge in [-0.3, -0.25) is 4.79 Å². The van der Waals surface area contributed by atoms with Gasteiger partial charge in [0.25, 0.3) is 0 Å². The fourth-order valence-corrected chi connectivity index (χ4v) is 8.43. The highest BCUT2D eigenvalue weighted by Crippen LogP contribution is 2.67. The van der Waals surface area contributed by atoms with Gasteiger partial charge in [0.05, 0.1) is 6.10 Å². The third kappa shape index (κ3) is 2.46. The zero-order valence-corrected chi connectivity index (χ0v) is 17.7. The normalized spacial score (nSPS) is 53.8. The van der Waals surface area contributed by atoms with Gasteiger partial charge < -0.3 is 3.07 Å². The molecule has 136 valence electrons. The summed E-state index contributed by atoms with van der Waals surface area (Å²) in [7, 11) is 0. The summed E-state index contributed by atoms with van der Waals surface area (Å²) in [5.74, 6) is 4.25. The van der Waals surface area contributed by atoms with E-state index in [2.05, 4.69) is 36.9 Å². The van der Waals surface area contributed by atoms with Crippen molar-refractivity contribution < 1.29 is 7.86 Å². The lowest BCUT2D eigenvalue weighted by molar-refractivity contribution is -0.136. The van der Waals surface area contributed by atoms with Gasteiger partial charge in [-0.2, -0.15) is 0 Å². The maximum atomic E-state index is 12.2. The Balaban J connectivity index is 1.59. The van der Waals surface area contributed by atoms with Crippen LogP contribution >= 0.6 is 23.0 Å². The van der Waals surface area contributed by atoms with Crippen molar-refractivity contribution in [2.24, 2.45) is 40.4 Å². The van der Waals surface area contributed by atoms with Crippen LogP contribution in [0.25, 0.3) is 0 Å². The maximum Gasteiger partial charge on any atom is 0.133 e. The van der Waals surface area contributed by atoms with Crippen molar-refractivity contribution in [1.82, 2.24) is 0 Å². The monoisotopic (exact) mass is 444 g/mol. The molecular formula is C21H33IO2. The van der Waals surface area contributed by atoms with E-state index in [1.807, 2.05) is 6.92 Å². The molecule has 4 rings (SSSR count). The molecule has 0 spiro atoms. The van der Waals surface area contributed by atoms with Gasteiger partial charge in [0, 0.05) is 5.92 Å². The van der Waals surface area contributed by atoms with Gasteiger partial charge in [-0.1, -0.05) is 13.8 Å². The van der Waals surface area contributed by atoms with E-state index in [9.17, 15) is 4.79 Å². The van der Waals surface area contributed by atoms with Crippen molar-refractivity contribution in [3.63, 3.8) is 0 Å². The molecule has 0 N–H and O–H groups in total. The molecule has 4 aliphatic rings. The number of hydrogen-bond donors (Lipinski definition) is 0.